The number of carbonyl (C=O) groups is 1. The van der Waals surface area contributed by atoms with Crippen LogP contribution in [0.4, 0.5) is 0 Å². The van der Waals surface area contributed by atoms with Crippen molar-refractivity contribution in [2.24, 2.45) is 7.05 Å². The number of carbonyl (C=O) groups excluding carboxylic acids is 1. The number of hydrogen-bond donors (Lipinski definition) is 2. The van der Waals surface area contributed by atoms with E-state index >= 15 is 0 Å². The van der Waals surface area contributed by atoms with Crippen molar-refractivity contribution in [1.29, 1.82) is 0 Å². The third-order valence-electron chi connectivity index (χ3n) is 3.03. The van der Waals surface area contributed by atoms with Gasteiger partial charge < -0.3 is 10.4 Å². The van der Waals surface area contributed by atoms with E-state index in [4.69, 9.17) is 0 Å². The van der Waals surface area contributed by atoms with E-state index in [9.17, 15) is 9.90 Å². The lowest BCUT2D eigenvalue weighted by molar-refractivity contribution is 0.0846. The molecule has 1 rings (SSSR count). The van der Waals surface area contributed by atoms with Crippen molar-refractivity contribution in [2.45, 2.75) is 39.2 Å². The molecule has 1 aromatic heterocycles. The normalized spacial score (nSPS) is 14.4. The summed E-state index contributed by atoms with van der Waals surface area (Å²) in [4.78, 5) is 12.1. The SMILES string of the molecule is CCc1nn(C)cc1C(=O)N[C@](C)(CC)CO. The van der Waals surface area contributed by atoms with Crippen LogP contribution in [0.25, 0.3) is 0 Å². The van der Waals surface area contributed by atoms with E-state index < -0.39 is 5.54 Å². The Balaban J connectivity index is 2.89. The molecule has 0 unspecified atom stereocenters. The van der Waals surface area contributed by atoms with E-state index in [-0.39, 0.29) is 12.5 Å². The van der Waals surface area contributed by atoms with Crippen molar-refractivity contribution < 1.29 is 9.90 Å². The standard InChI is InChI=1S/C12H21N3O2/c1-5-10-9(7-15(4)14-10)11(17)13-12(3,6-2)8-16/h7,16H,5-6,8H2,1-4H3,(H,13,17)/t12-/m1/s1. The zero-order valence-electron chi connectivity index (χ0n) is 10.9. The minimum absolute atomic E-state index is 0.0725. The van der Waals surface area contributed by atoms with Gasteiger partial charge in [-0.2, -0.15) is 5.10 Å². The summed E-state index contributed by atoms with van der Waals surface area (Å²) in [6.07, 6.45) is 3.10. The summed E-state index contributed by atoms with van der Waals surface area (Å²) in [6.45, 7) is 5.65. The van der Waals surface area contributed by atoms with Crippen LogP contribution in [0.3, 0.4) is 0 Å². The number of hydrogen-bond acceptors (Lipinski definition) is 3. The Kier molecular flexibility index (Phi) is 4.28. The lowest BCUT2D eigenvalue weighted by atomic mass is 9.99. The summed E-state index contributed by atoms with van der Waals surface area (Å²) in [5.74, 6) is -0.173. The predicted molar refractivity (Wildman–Crippen MR) is 65.8 cm³/mol. The molecule has 2 N–H and O–H groups in total. The molecule has 0 spiro atoms. The molecule has 0 saturated heterocycles. The second-order valence-corrected chi connectivity index (χ2v) is 4.54. The third-order valence-corrected chi connectivity index (χ3v) is 3.03. The minimum atomic E-state index is -0.571. The lowest BCUT2D eigenvalue weighted by Crippen LogP contribution is -2.48. The highest BCUT2D eigenvalue weighted by Gasteiger charge is 2.25. The van der Waals surface area contributed by atoms with Crippen LogP contribution in [-0.4, -0.2) is 32.9 Å². The highest BCUT2D eigenvalue weighted by Crippen LogP contribution is 2.12. The van der Waals surface area contributed by atoms with Gasteiger partial charge in [0.1, 0.15) is 0 Å². The Morgan fingerprint density at radius 3 is 2.71 bits per heavy atom. The quantitative estimate of drug-likeness (QED) is 0.801. The van der Waals surface area contributed by atoms with Crippen LogP contribution in [0.1, 0.15) is 43.2 Å². The molecule has 5 heteroatoms. The topological polar surface area (TPSA) is 67.2 Å². The van der Waals surface area contributed by atoms with Gasteiger partial charge in [0, 0.05) is 13.2 Å². The van der Waals surface area contributed by atoms with Gasteiger partial charge in [-0.1, -0.05) is 13.8 Å². The van der Waals surface area contributed by atoms with Crippen molar-refractivity contribution in [2.75, 3.05) is 6.61 Å². The van der Waals surface area contributed by atoms with Gasteiger partial charge in [0.15, 0.2) is 0 Å². The number of aromatic nitrogens is 2. The average Bonchev–Trinajstić information content (AvgIpc) is 2.70. The summed E-state index contributed by atoms with van der Waals surface area (Å²) in [6, 6.07) is 0. The van der Waals surface area contributed by atoms with E-state index in [1.54, 1.807) is 17.9 Å². The van der Waals surface area contributed by atoms with Crippen molar-refractivity contribution in [1.82, 2.24) is 15.1 Å². The number of aliphatic hydroxyl groups is 1. The fourth-order valence-electron chi connectivity index (χ4n) is 1.57. The molecule has 0 aliphatic carbocycles. The average molecular weight is 239 g/mol. The second kappa shape index (κ2) is 5.31. The molecule has 1 heterocycles. The summed E-state index contributed by atoms with van der Waals surface area (Å²) < 4.78 is 1.63. The summed E-state index contributed by atoms with van der Waals surface area (Å²) in [5, 5.41) is 16.4. The largest absolute Gasteiger partial charge is 0.394 e. The molecule has 1 aromatic rings. The van der Waals surface area contributed by atoms with E-state index in [0.717, 1.165) is 5.69 Å². The van der Waals surface area contributed by atoms with E-state index in [1.807, 2.05) is 20.8 Å². The van der Waals surface area contributed by atoms with Gasteiger partial charge in [0.05, 0.1) is 23.4 Å². The molecule has 0 aromatic carbocycles. The van der Waals surface area contributed by atoms with Crippen LogP contribution >= 0.6 is 0 Å². The maximum Gasteiger partial charge on any atom is 0.255 e. The number of aryl methyl sites for hydroxylation is 2. The maximum absolute atomic E-state index is 12.1. The van der Waals surface area contributed by atoms with Crippen molar-refractivity contribution in [3.05, 3.63) is 17.5 Å². The molecule has 1 atom stereocenters. The van der Waals surface area contributed by atoms with Crippen molar-refractivity contribution in [3.8, 4) is 0 Å². The lowest BCUT2D eigenvalue weighted by Gasteiger charge is -2.27. The van der Waals surface area contributed by atoms with Crippen LogP contribution < -0.4 is 5.32 Å². The summed E-state index contributed by atoms with van der Waals surface area (Å²) >= 11 is 0. The summed E-state index contributed by atoms with van der Waals surface area (Å²) in [7, 11) is 1.79. The zero-order valence-corrected chi connectivity index (χ0v) is 10.9. The minimum Gasteiger partial charge on any atom is -0.394 e. The third kappa shape index (κ3) is 3.06. The highest BCUT2D eigenvalue weighted by molar-refractivity contribution is 5.95. The van der Waals surface area contributed by atoms with Crippen molar-refractivity contribution >= 4 is 5.91 Å². The first kappa shape index (κ1) is 13.7. The van der Waals surface area contributed by atoms with Crippen LogP contribution in [0.15, 0.2) is 6.20 Å². The van der Waals surface area contributed by atoms with E-state index in [2.05, 4.69) is 10.4 Å². The molecular weight excluding hydrogens is 218 g/mol. The number of rotatable bonds is 5. The Hall–Kier alpha value is -1.36. The predicted octanol–water partition coefficient (Wildman–Crippen LogP) is 0.873. The number of aliphatic hydroxyl groups excluding tert-OH is 1. The molecule has 96 valence electrons. The molecule has 0 radical (unpaired) electrons. The Morgan fingerprint density at radius 1 is 1.59 bits per heavy atom. The van der Waals surface area contributed by atoms with E-state index in [1.165, 1.54) is 0 Å². The fourth-order valence-corrected chi connectivity index (χ4v) is 1.57. The second-order valence-electron chi connectivity index (χ2n) is 4.54. The van der Waals surface area contributed by atoms with Crippen LogP contribution in [-0.2, 0) is 13.5 Å². The molecule has 1 amide bonds. The van der Waals surface area contributed by atoms with Gasteiger partial charge >= 0.3 is 0 Å². The number of nitrogens with zero attached hydrogens (tertiary/aromatic N) is 2. The number of nitrogens with one attached hydrogen (secondary N) is 1. The molecule has 5 nitrogen and oxygen atoms in total. The smallest absolute Gasteiger partial charge is 0.255 e. The zero-order chi connectivity index (χ0) is 13.1. The van der Waals surface area contributed by atoms with Crippen molar-refractivity contribution in [3.63, 3.8) is 0 Å². The van der Waals surface area contributed by atoms with Crippen LogP contribution in [0.5, 0.6) is 0 Å². The van der Waals surface area contributed by atoms with E-state index in [0.29, 0.717) is 18.4 Å². The first-order chi connectivity index (χ1) is 7.95. The monoisotopic (exact) mass is 239 g/mol. The van der Waals surface area contributed by atoms with Gasteiger partial charge in [-0.3, -0.25) is 9.48 Å². The molecule has 17 heavy (non-hydrogen) atoms. The molecule has 0 fully saturated rings. The van der Waals surface area contributed by atoms with Crippen LogP contribution in [0, 0.1) is 0 Å². The first-order valence-corrected chi connectivity index (χ1v) is 5.91. The number of amides is 1. The Labute approximate surface area is 102 Å². The Morgan fingerprint density at radius 2 is 2.24 bits per heavy atom. The highest BCUT2D eigenvalue weighted by atomic mass is 16.3. The van der Waals surface area contributed by atoms with Crippen LogP contribution in [0.2, 0.25) is 0 Å². The van der Waals surface area contributed by atoms with Gasteiger partial charge in [-0.05, 0) is 19.8 Å². The first-order valence-electron chi connectivity index (χ1n) is 5.91. The molecule has 0 saturated carbocycles. The fraction of sp³-hybridized carbons (Fsp3) is 0.667. The van der Waals surface area contributed by atoms with Gasteiger partial charge in [0.25, 0.3) is 5.91 Å². The van der Waals surface area contributed by atoms with Gasteiger partial charge in [0.2, 0.25) is 0 Å². The molecule has 0 aliphatic heterocycles. The molecule has 0 bridgehead atoms. The van der Waals surface area contributed by atoms with Gasteiger partial charge in [-0.15, -0.1) is 0 Å². The maximum atomic E-state index is 12.1. The Bertz CT molecular complexity index is 394. The van der Waals surface area contributed by atoms with Gasteiger partial charge in [-0.25, -0.2) is 0 Å². The molecular formula is C12H21N3O2. The summed E-state index contributed by atoms with van der Waals surface area (Å²) in [5.41, 5.74) is 0.794. The molecule has 0 aliphatic rings.